The van der Waals surface area contributed by atoms with Crippen LogP contribution in [-0.4, -0.2) is 41.0 Å². The van der Waals surface area contributed by atoms with Gasteiger partial charge in [-0.15, -0.1) is 0 Å². The van der Waals surface area contributed by atoms with Crippen molar-refractivity contribution < 1.29 is 28.2 Å². The van der Waals surface area contributed by atoms with Gasteiger partial charge in [0.15, 0.2) is 5.79 Å². The summed E-state index contributed by atoms with van der Waals surface area (Å²) >= 11 is 0. The van der Waals surface area contributed by atoms with Gasteiger partial charge in [0.05, 0.1) is 36.5 Å². The van der Waals surface area contributed by atoms with E-state index in [9.17, 15) is 14.0 Å². The highest BCUT2D eigenvalue weighted by Crippen LogP contribution is 2.44. The third-order valence-electron chi connectivity index (χ3n) is 9.57. The Morgan fingerprint density at radius 2 is 1.55 bits per heavy atom. The van der Waals surface area contributed by atoms with E-state index in [2.05, 4.69) is 23.7 Å². The molecule has 1 aromatic heterocycles. The Morgan fingerprint density at radius 1 is 0.898 bits per heavy atom. The van der Waals surface area contributed by atoms with Crippen molar-refractivity contribution in [2.75, 3.05) is 11.9 Å². The van der Waals surface area contributed by atoms with Crippen molar-refractivity contribution in [3.05, 3.63) is 102 Å². The van der Waals surface area contributed by atoms with Crippen LogP contribution in [0.1, 0.15) is 94.1 Å². The molecule has 1 aliphatic heterocycles. The number of aromatic nitrogens is 1. The maximum absolute atomic E-state index is 14.4. The number of para-hydroxylation sites is 1. The molecule has 2 heterocycles. The van der Waals surface area contributed by atoms with Gasteiger partial charge in [-0.05, 0) is 79.6 Å². The molecule has 1 saturated heterocycles. The number of nitrogens with zero attached hydrogens (tertiary/aromatic N) is 1. The van der Waals surface area contributed by atoms with E-state index in [4.69, 9.17) is 14.2 Å². The first kappa shape index (κ1) is 34.6. The van der Waals surface area contributed by atoms with Crippen molar-refractivity contribution in [2.45, 2.75) is 103 Å². The minimum absolute atomic E-state index is 0.0231. The summed E-state index contributed by atoms with van der Waals surface area (Å²) in [6, 6.07) is 25.9. The summed E-state index contributed by atoms with van der Waals surface area (Å²) in [6.45, 7) is 6.90. The van der Waals surface area contributed by atoms with E-state index in [1.54, 1.807) is 12.1 Å². The number of benzene rings is 3. The van der Waals surface area contributed by atoms with Gasteiger partial charge in [0, 0.05) is 42.8 Å². The van der Waals surface area contributed by atoms with Crippen molar-refractivity contribution >= 4 is 17.6 Å². The third-order valence-corrected chi connectivity index (χ3v) is 9.57. The second-order valence-corrected chi connectivity index (χ2v) is 13.5. The number of carbonyl (C=O) groups excluding carboxylic acids is 2. The molecule has 4 aromatic rings. The number of anilines is 1. The molecule has 6 rings (SSSR count). The first-order valence-corrected chi connectivity index (χ1v) is 17.7. The highest BCUT2D eigenvalue weighted by Gasteiger charge is 2.44. The molecule has 2 fully saturated rings. The molecule has 0 radical (unpaired) electrons. The second-order valence-electron chi connectivity index (χ2n) is 13.5. The van der Waals surface area contributed by atoms with Gasteiger partial charge in [0.2, 0.25) is 0 Å². The van der Waals surface area contributed by atoms with Gasteiger partial charge in [-0.25, -0.2) is 4.39 Å². The van der Waals surface area contributed by atoms with Gasteiger partial charge >= 0.3 is 5.97 Å². The molecule has 3 aromatic carbocycles. The zero-order valence-electron chi connectivity index (χ0n) is 28.8. The zero-order valence-corrected chi connectivity index (χ0v) is 28.8. The topological polar surface area (TPSA) is 78.8 Å². The van der Waals surface area contributed by atoms with Gasteiger partial charge in [-0.2, -0.15) is 0 Å². The van der Waals surface area contributed by atoms with E-state index < -0.39 is 5.79 Å². The molecule has 258 valence electrons. The monoisotopic (exact) mass is 666 g/mol. The minimum Gasteiger partial charge on any atom is -0.466 e. The number of hydrogen-bond acceptors (Lipinski definition) is 5. The highest BCUT2D eigenvalue weighted by molar-refractivity contribution is 6.12. The lowest BCUT2D eigenvalue weighted by atomic mass is 9.91. The first-order chi connectivity index (χ1) is 23.8. The molecule has 1 saturated carbocycles. The van der Waals surface area contributed by atoms with E-state index in [-0.39, 0.29) is 42.2 Å². The van der Waals surface area contributed by atoms with E-state index in [1.165, 1.54) is 12.1 Å². The largest absolute Gasteiger partial charge is 0.466 e. The number of amides is 1. The molecule has 1 spiro atoms. The Bertz CT molecular complexity index is 1710. The summed E-state index contributed by atoms with van der Waals surface area (Å²) in [4.78, 5) is 27.0. The van der Waals surface area contributed by atoms with Crippen LogP contribution >= 0.6 is 0 Å². The van der Waals surface area contributed by atoms with Gasteiger partial charge < -0.3 is 24.1 Å². The molecular weight excluding hydrogens is 619 g/mol. The predicted molar refractivity (Wildman–Crippen MR) is 190 cm³/mol. The fourth-order valence-corrected chi connectivity index (χ4v) is 7.54. The molecule has 1 aliphatic carbocycles. The standard InChI is InChI=1S/C41H47FN2O5/c1-4-47-35(45)27-34-26-33(48-41(49-34)23-12-7-13-24-41)22-25-44-38(28(2)3)37(40(46)43-32-16-10-6-11-17-32)36(29-14-8-5-9-15-29)39(44)30-18-20-31(42)21-19-30/h5-6,8-11,14-21,28,33-34H,4,7,12-13,22-27H2,1-3H3,(H,43,46). The first-order valence-electron chi connectivity index (χ1n) is 17.7. The minimum atomic E-state index is -0.703. The molecule has 1 N–H and O–H groups in total. The van der Waals surface area contributed by atoms with Crippen molar-refractivity contribution in [1.29, 1.82) is 0 Å². The van der Waals surface area contributed by atoms with Crippen LogP contribution in [0.25, 0.3) is 22.4 Å². The summed E-state index contributed by atoms with van der Waals surface area (Å²) in [5, 5.41) is 3.15. The van der Waals surface area contributed by atoms with E-state index in [1.807, 2.05) is 67.6 Å². The molecule has 49 heavy (non-hydrogen) atoms. The Hall–Kier alpha value is -4.27. The highest BCUT2D eigenvalue weighted by atomic mass is 19.1. The number of carbonyl (C=O) groups is 2. The smallest absolute Gasteiger partial charge is 0.308 e. The second kappa shape index (κ2) is 15.5. The fraction of sp³-hybridized carbons (Fsp3) is 0.415. The lowest BCUT2D eigenvalue weighted by Crippen LogP contribution is -2.50. The molecule has 0 bridgehead atoms. The number of ether oxygens (including phenoxy) is 3. The van der Waals surface area contributed by atoms with Gasteiger partial charge in [-0.3, -0.25) is 9.59 Å². The number of halogens is 1. The lowest BCUT2D eigenvalue weighted by Gasteiger charge is -2.46. The van der Waals surface area contributed by atoms with Gasteiger partial charge in [-0.1, -0.05) is 68.8 Å². The van der Waals surface area contributed by atoms with Crippen LogP contribution in [0.3, 0.4) is 0 Å². The third kappa shape index (κ3) is 7.97. The normalized spacial score (nSPS) is 18.8. The summed E-state index contributed by atoms with van der Waals surface area (Å²) in [5.41, 5.74) is 5.59. The fourth-order valence-electron chi connectivity index (χ4n) is 7.54. The summed E-state index contributed by atoms with van der Waals surface area (Å²) < 4.78 is 35.2. The van der Waals surface area contributed by atoms with E-state index in [0.717, 1.165) is 60.2 Å². The molecule has 7 nitrogen and oxygen atoms in total. The molecule has 8 heteroatoms. The van der Waals surface area contributed by atoms with Crippen LogP contribution in [0.4, 0.5) is 10.1 Å². The van der Waals surface area contributed by atoms with Crippen LogP contribution in [0.2, 0.25) is 0 Å². The van der Waals surface area contributed by atoms with Crippen LogP contribution in [0.5, 0.6) is 0 Å². The number of hydrogen-bond donors (Lipinski definition) is 1. The average molecular weight is 667 g/mol. The SMILES string of the molecule is CCOC(=O)CC1CC(CCn2c(-c3ccc(F)cc3)c(-c3ccccc3)c(C(=O)Nc3ccccc3)c2C(C)C)OC2(CCCCC2)O1. The maximum atomic E-state index is 14.4. The molecular formula is C41H47FN2O5. The average Bonchev–Trinajstić information content (AvgIpc) is 3.44. The van der Waals surface area contributed by atoms with Crippen LogP contribution < -0.4 is 5.32 Å². The summed E-state index contributed by atoms with van der Waals surface area (Å²) in [5.74, 6) is -1.51. The Labute approximate surface area is 288 Å². The Balaban J connectivity index is 1.44. The summed E-state index contributed by atoms with van der Waals surface area (Å²) in [6.07, 6.45) is 5.70. The quantitative estimate of drug-likeness (QED) is 0.161. The van der Waals surface area contributed by atoms with Crippen molar-refractivity contribution in [1.82, 2.24) is 4.57 Å². The van der Waals surface area contributed by atoms with Crippen molar-refractivity contribution in [3.8, 4) is 22.4 Å². The molecule has 2 aliphatic rings. The van der Waals surface area contributed by atoms with Crippen LogP contribution in [0, 0.1) is 5.82 Å². The number of rotatable bonds is 11. The van der Waals surface area contributed by atoms with Crippen molar-refractivity contribution in [3.63, 3.8) is 0 Å². The molecule has 1 amide bonds. The van der Waals surface area contributed by atoms with E-state index in [0.29, 0.717) is 37.2 Å². The van der Waals surface area contributed by atoms with Gasteiger partial charge in [0.1, 0.15) is 5.82 Å². The van der Waals surface area contributed by atoms with Crippen molar-refractivity contribution in [2.24, 2.45) is 0 Å². The molecule has 2 unspecified atom stereocenters. The van der Waals surface area contributed by atoms with Gasteiger partial charge in [0.25, 0.3) is 5.91 Å². The predicted octanol–water partition coefficient (Wildman–Crippen LogP) is 9.51. The Kier molecular flexibility index (Phi) is 11.0. The molecule has 2 atom stereocenters. The van der Waals surface area contributed by atoms with Crippen LogP contribution in [-0.2, 0) is 25.5 Å². The van der Waals surface area contributed by atoms with Crippen LogP contribution in [0.15, 0.2) is 84.9 Å². The number of nitrogens with one attached hydrogen (secondary N) is 1. The maximum Gasteiger partial charge on any atom is 0.308 e. The number of esters is 1. The Morgan fingerprint density at radius 3 is 2.20 bits per heavy atom. The van der Waals surface area contributed by atoms with E-state index >= 15 is 0 Å². The summed E-state index contributed by atoms with van der Waals surface area (Å²) in [7, 11) is 0. The lowest BCUT2D eigenvalue weighted by molar-refractivity contribution is -0.329. The zero-order chi connectivity index (χ0) is 34.4.